The molecule has 1 fully saturated rings. The molecule has 6 heteroatoms. The zero-order chi connectivity index (χ0) is 17.6. The molecule has 0 unspecified atom stereocenters. The van der Waals surface area contributed by atoms with E-state index in [-0.39, 0.29) is 11.1 Å². The second-order valence-corrected chi connectivity index (χ2v) is 7.02. The van der Waals surface area contributed by atoms with Gasteiger partial charge in [-0.1, -0.05) is 64.5 Å². The van der Waals surface area contributed by atoms with Crippen molar-refractivity contribution in [1.82, 2.24) is 5.32 Å². The third-order valence-corrected chi connectivity index (χ3v) is 5.03. The Kier molecular flexibility index (Phi) is 5.73. The van der Waals surface area contributed by atoms with Crippen LogP contribution in [-0.2, 0) is 11.4 Å². The highest BCUT2D eigenvalue weighted by Gasteiger charge is 2.24. The quantitative estimate of drug-likeness (QED) is 0.704. The predicted molar refractivity (Wildman–Crippen MR) is 103 cm³/mol. The Balaban J connectivity index is 1.72. The molecule has 0 aromatic heterocycles. The van der Waals surface area contributed by atoms with E-state index >= 15 is 0 Å². The summed E-state index contributed by atoms with van der Waals surface area (Å²) in [4.78, 5) is 23.0. The van der Waals surface area contributed by atoms with E-state index in [1.165, 1.54) is 0 Å². The van der Waals surface area contributed by atoms with Crippen LogP contribution in [-0.4, -0.2) is 11.1 Å². The van der Waals surface area contributed by atoms with Crippen molar-refractivity contribution in [3.63, 3.8) is 0 Å². The minimum atomic E-state index is -0.363. The molecule has 1 aliphatic rings. The number of halogens is 1. The molecule has 0 bridgehead atoms. The zero-order valence-electron chi connectivity index (χ0n) is 13.1. The number of rotatable bonds is 5. The first-order chi connectivity index (χ1) is 12.1. The maximum absolute atomic E-state index is 11.5. The summed E-state index contributed by atoms with van der Waals surface area (Å²) in [6.07, 6.45) is 5.20. The number of thioether (sulfide) groups is 1. The predicted octanol–water partition coefficient (Wildman–Crippen LogP) is 4.91. The molecule has 126 valence electrons. The van der Waals surface area contributed by atoms with Crippen LogP contribution >= 0.6 is 27.7 Å². The molecule has 1 saturated heterocycles. The van der Waals surface area contributed by atoms with Crippen LogP contribution in [0.1, 0.15) is 11.1 Å². The van der Waals surface area contributed by atoms with Crippen LogP contribution in [0.2, 0.25) is 0 Å². The van der Waals surface area contributed by atoms with Gasteiger partial charge in [0.1, 0.15) is 12.4 Å². The van der Waals surface area contributed by atoms with E-state index in [4.69, 9.17) is 4.74 Å². The number of nitrogens with one attached hydrogen (secondary N) is 1. The van der Waals surface area contributed by atoms with Gasteiger partial charge in [-0.3, -0.25) is 14.9 Å². The van der Waals surface area contributed by atoms with Crippen LogP contribution < -0.4 is 10.1 Å². The molecule has 1 N–H and O–H groups in total. The fourth-order valence-electron chi connectivity index (χ4n) is 2.20. The topological polar surface area (TPSA) is 55.4 Å². The molecule has 25 heavy (non-hydrogen) atoms. The Labute approximate surface area is 158 Å². The first-order valence-corrected chi connectivity index (χ1v) is 9.11. The first-order valence-electron chi connectivity index (χ1n) is 7.50. The lowest BCUT2D eigenvalue weighted by molar-refractivity contribution is -0.115. The summed E-state index contributed by atoms with van der Waals surface area (Å²) in [5, 5.41) is 1.88. The molecule has 1 aliphatic heterocycles. The van der Waals surface area contributed by atoms with Gasteiger partial charge in [0, 0.05) is 15.6 Å². The van der Waals surface area contributed by atoms with E-state index in [1.807, 2.05) is 54.6 Å². The van der Waals surface area contributed by atoms with Gasteiger partial charge >= 0.3 is 0 Å². The maximum atomic E-state index is 11.5. The van der Waals surface area contributed by atoms with E-state index in [0.717, 1.165) is 33.1 Å². The highest BCUT2D eigenvalue weighted by molar-refractivity contribution is 9.10. The van der Waals surface area contributed by atoms with Gasteiger partial charge in [0.25, 0.3) is 11.1 Å². The minimum absolute atomic E-state index is 0.346. The van der Waals surface area contributed by atoms with Gasteiger partial charge in [-0.25, -0.2) is 0 Å². The number of carbonyl (C=O) groups excluding carboxylic acids is 2. The highest BCUT2D eigenvalue weighted by Crippen LogP contribution is 2.25. The number of para-hydroxylation sites is 1. The smallest absolute Gasteiger partial charge is 0.290 e. The summed E-state index contributed by atoms with van der Waals surface area (Å²) in [6.45, 7) is 0.445. The lowest BCUT2D eigenvalue weighted by Gasteiger charge is -2.10. The van der Waals surface area contributed by atoms with E-state index in [9.17, 15) is 9.59 Å². The molecule has 2 aromatic carbocycles. The number of hydrogen-bond acceptors (Lipinski definition) is 4. The summed E-state index contributed by atoms with van der Waals surface area (Å²) in [5.74, 6) is 0.380. The number of imide groups is 1. The second-order valence-electron chi connectivity index (χ2n) is 5.15. The number of carbonyl (C=O) groups is 2. The third-order valence-electron chi connectivity index (χ3n) is 3.43. The third kappa shape index (κ3) is 4.61. The SMILES string of the molecule is O=C1NC(=O)/C(=C/C=C/c2ccccc2OCc2ccccc2Br)S1. The molecule has 1 heterocycles. The second kappa shape index (κ2) is 8.18. The van der Waals surface area contributed by atoms with Gasteiger partial charge in [0.15, 0.2) is 0 Å². The van der Waals surface area contributed by atoms with Crippen LogP contribution in [0.4, 0.5) is 4.79 Å². The van der Waals surface area contributed by atoms with Crippen molar-refractivity contribution in [3.05, 3.63) is 81.2 Å². The Morgan fingerprint density at radius 3 is 2.60 bits per heavy atom. The van der Waals surface area contributed by atoms with Crippen molar-refractivity contribution < 1.29 is 14.3 Å². The Hall–Kier alpha value is -2.31. The molecule has 2 aromatic rings. The van der Waals surface area contributed by atoms with Crippen LogP contribution in [0.15, 0.2) is 70.1 Å². The monoisotopic (exact) mass is 415 g/mol. The maximum Gasteiger partial charge on any atom is 0.290 e. The summed E-state index contributed by atoms with van der Waals surface area (Å²) in [5.41, 5.74) is 1.95. The molecule has 0 atom stereocenters. The molecule has 0 spiro atoms. The summed E-state index contributed by atoms with van der Waals surface area (Å²) in [7, 11) is 0. The van der Waals surface area contributed by atoms with Crippen molar-refractivity contribution in [3.8, 4) is 5.75 Å². The molecule has 2 amide bonds. The molecular formula is C19H14BrNO3S. The van der Waals surface area contributed by atoms with Gasteiger partial charge in [-0.05, 0) is 30.0 Å². The zero-order valence-corrected chi connectivity index (χ0v) is 15.5. The summed E-state index contributed by atoms with van der Waals surface area (Å²) in [6, 6.07) is 15.5. The van der Waals surface area contributed by atoms with E-state index in [0.29, 0.717) is 11.5 Å². The average molecular weight is 416 g/mol. The van der Waals surface area contributed by atoms with Crippen LogP contribution in [0, 0.1) is 0 Å². The molecule has 0 saturated carbocycles. The number of ether oxygens (including phenoxy) is 1. The normalized spacial score (nSPS) is 15.8. The van der Waals surface area contributed by atoms with Gasteiger partial charge in [-0.2, -0.15) is 0 Å². The molecular weight excluding hydrogens is 402 g/mol. The van der Waals surface area contributed by atoms with Gasteiger partial charge < -0.3 is 4.74 Å². The largest absolute Gasteiger partial charge is 0.488 e. The van der Waals surface area contributed by atoms with E-state index in [1.54, 1.807) is 12.2 Å². The van der Waals surface area contributed by atoms with Crippen molar-refractivity contribution in [1.29, 1.82) is 0 Å². The van der Waals surface area contributed by atoms with Gasteiger partial charge in [-0.15, -0.1) is 0 Å². The Morgan fingerprint density at radius 2 is 1.84 bits per heavy atom. The summed E-state index contributed by atoms with van der Waals surface area (Å²) >= 11 is 4.40. The van der Waals surface area contributed by atoms with E-state index < -0.39 is 0 Å². The van der Waals surface area contributed by atoms with Crippen LogP contribution in [0.25, 0.3) is 6.08 Å². The Morgan fingerprint density at radius 1 is 1.08 bits per heavy atom. The fraction of sp³-hybridized carbons (Fsp3) is 0.0526. The number of benzene rings is 2. The first kappa shape index (κ1) is 17.5. The highest BCUT2D eigenvalue weighted by atomic mass is 79.9. The van der Waals surface area contributed by atoms with Crippen molar-refractivity contribution in [2.75, 3.05) is 0 Å². The molecule has 3 rings (SSSR count). The van der Waals surface area contributed by atoms with Crippen molar-refractivity contribution in [2.45, 2.75) is 6.61 Å². The van der Waals surface area contributed by atoms with Crippen molar-refractivity contribution in [2.24, 2.45) is 0 Å². The number of amides is 2. The lowest BCUT2D eigenvalue weighted by Crippen LogP contribution is -2.17. The lowest BCUT2D eigenvalue weighted by atomic mass is 10.2. The van der Waals surface area contributed by atoms with Gasteiger partial charge in [0.05, 0.1) is 4.91 Å². The number of allylic oxidation sites excluding steroid dienone is 2. The minimum Gasteiger partial charge on any atom is -0.488 e. The number of hydrogen-bond donors (Lipinski definition) is 1. The van der Waals surface area contributed by atoms with E-state index in [2.05, 4.69) is 21.2 Å². The average Bonchev–Trinajstić information content (AvgIpc) is 2.93. The summed E-state index contributed by atoms with van der Waals surface area (Å²) < 4.78 is 6.93. The van der Waals surface area contributed by atoms with Crippen LogP contribution in [0.3, 0.4) is 0 Å². The molecule has 0 aliphatic carbocycles. The molecule has 0 radical (unpaired) electrons. The molecule has 4 nitrogen and oxygen atoms in total. The van der Waals surface area contributed by atoms with Gasteiger partial charge in [0.2, 0.25) is 0 Å². The Bertz CT molecular complexity index is 876. The standard InChI is InChI=1S/C19H14BrNO3S/c20-15-9-3-1-7-14(15)12-24-16-10-4-2-6-13(16)8-5-11-17-18(22)21-19(23)25-17/h1-11H,12H2,(H,21,22,23)/b8-5+,17-11-. The van der Waals surface area contributed by atoms with Crippen LogP contribution in [0.5, 0.6) is 5.75 Å². The fourth-order valence-corrected chi connectivity index (χ4v) is 3.23. The van der Waals surface area contributed by atoms with Crippen molar-refractivity contribution >= 4 is 44.9 Å².